The number of hydrogen-bond acceptors (Lipinski definition) is 5. The Morgan fingerprint density at radius 3 is 2.04 bits per heavy atom. The van der Waals surface area contributed by atoms with Crippen LogP contribution in [0.25, 0.3) is 0 Å². The smallest absolute Gasteiger partial charge is 0.407 e. The van der Waals surface area contributed by atoms with Gasteiger partial charge in [0, 0.05) is 12.1 Å². The zero-order chi connectivity index (χ0) is 20.8. The van der Waals surface area contributed by atoms with Crippen molar-refractivity contribution >= 4 is 17.8 Å². The Bertz CT molecular complexity index is 665. The molecule has 0 saturated heterocycles. The molecule has 0 aliphatic carbocycles. The first-order valence-corrected chi connectivity index (χ1v) is 9.10. The Hall–Kier alpha value is -2.37. The van der Waals surface area contributed by atoms with Crippen LogP contribution in [-0.2, 0) is 19.7 Å². The summed E-state index contributed by atoms with van der Waals surface area (Å²) in [5, 5.41) is 2.48. The van der Waals surface area contributed by atoms with E-state index in [9.17, 15) is 14.4 Å². The molecule has 1 amide bonds. The highest BCUT2D eigenvalue weighted by atomic mass is 16.6. The quantitative estimate of drug-likeness (QED) is 0.598. The Morgan fingerprint density at radius 1 is 1.00 bits per heavy atom. The van der Waals surface area contributed by atoms with E-state index in [4.69, 9.17) is 9.47 Å². The van der Waals surface area contributed by atoms with Crippen molar-refractivity contribution in [2.24, 2.45) is 0 Å². The topological polar surface area (TPSA) is 81.7 Å². The van der Waals surface area contributed by atoms with Crippen molar-refractivity contribution in [3.8, 4) is 0 Å². The standard InChI is InChI=1S/C21H31NO5/c1-14(18(24)15-8-10-16(11-9-15)20(2,3)4)26-17(23)12-13-22-19(25)27-21(5,6)7/h8-11,14H,12-13H2,1-7H3,(H,22,25)/t14-/m0/s1. The van der Waals surface area contributed by atoms with E-state index in [1.165, 1.54) is 0 Å². The molecule has 1 N–H and O–H groups in total. The largest absolute Gasteiger partial charge is 0.454 e. The van der Waals surface area contributed by atoms with Gasteiger partial charge in [-0.25, -0.2) is 4.79 Å². The first-order chi connectivity index (χ1) is 12.3. The number of benzene rings is 1. The molecule has 0 bridgehead atoms. The van der Waals surface area contributed by atoms with Crippen LogP contribution in [0.2, 0.25) is 0 Å². The lowest BCUT2D eigenvalue weighted by Gasteiger charge is -2.20. The number of ketones is 1. The summed E-state index contributed by atoms with van der Waals surface area (Å²) in [6, 6.07) is 7.31. The summed E-state index contributed by atoms with van der Waals surface area (Å²) in [6.45, 7) is 13.2. The Kier molecular flexibility index (Phi) is 7.57. The van der Waals surface area contributed by atoms with Crippen LogP contribution in [0.15, 0.2) is 24.3 Å². The van der Waals surface area contributed by atoms with Crippen molar-refractivity contribution in [3.63, 3.8) is 0 Å². The van der Waals surface area contributed by atoms with E-state index < -0.39 is 23.8 Å². The number of ether oxygens (including phenoxy) is 2. The lowest BCUT2D eigenvalue weighted by Crippen LogP contribution is -2.34. The van der Waals surface area contributed by atoms with Crippen LogP contribution in [-0.4, -0.2) is 36.1 Å². The van der Waals surface area contributed by atoms with Crippen LogP contribution in [0.4, 0.5) is 4.79 Å². The van der Waals surface area contributed by atoms with Gasteiger partial charge in [0.1, 0.15) is 5.60 Å². The molecule has 0 unspecified atom stereocenters. The summed E-state index contributed by atoms with van der Waals surface area (Å²) in [4.78, 5) is 35.8. The maximum Gasteiger partial charge on any atom is 0.407 e. The van der Waals surface area contributed by atoms with Gasteiger partial charge >= 0.3 is 12.1 Å². The molecule has 0 radical (unpaired) electrons. The molecule has 0 spiro atoms. The zero-order valence-corrected chi connectivity index (χ0v) is 17.3. The van der Waals surface area contributed by atoms with Gasteiger partial charge in [-0.05, 0) is 38.7 Å². The minimum atomic E-state index is -0.889. The molecule has 0 heterocycles. The fraction of sp³-hybridized carbons (Fsp3) is 0.571. The minimum absolute atomic E-state index is 0.000792. The molecule has 0 saturated carbocycles. The second-order valence-electron chi connectivity index (χ2n) is 8.50. The average molecular weight is 377 g/mol. The maximum absolute atomic E-state index is 12.4. The van der Waals surface area contributed by atoms with Crippen molar-refractivity contribution in [1.29, 1.82) is 0 Å². The van der Waals surface area contributed by atoms with E-state index in [2.05, 4.69) is 26.1 Å². The molecule has 1 aromatic carbocycles. The number of alkyl carbamates (subject to hydrolysis) is 1. The highest BCUT2D eigenvalue weighted by Gasteiger charge is 2.21. The first kappa shape index (κ1) is 22.7. The molecule has 6 heteroatoms. The number of rotatable bonds is 6. The van der Waals surface area contributed by atoms with E-state index in [-0.39, 0.29) is 24.2 Å². The SMILES string of the molecule is C[C@H](OC(=O)CCNC(=O)OC(C)(C)C)C(=O)c1ccc(C(C)(C)C)cc1. The minimum Gasteiger partial charge on any atom is -0.454 e. The molecule has 0 aromatic heterocycles. The normalized spacial score (nSPS) is 12.9. The van der Waals surface area contributed by atoms with Gasteiger partial charge in [-0.1, -0.05) is 45.0 Å². The second-order valence-corrected chi connectivity index (χ2v) is 8.50. The van der Waals surface area contributed by atoms with Gasteiger partial charge in [0.05, 0.1) is 6.42 Å². The lowest BCUT2D eigenvalue weighted by molar-refractivity contribution is -0.146. The summed E-state index contributed by atoms with van der Waals surface area (Å²) >= 11 is 0. The fourth-order valence-corrected chi connectivity index (χ4v) is 2.26. The molecule has 0 fully saturated rings. The molecule has 0 aliphatic rings. The van der Waals surface area contributed by atoms with Crippen molar-refractivity contribution in [3.05, 3.63) is 35.4 Å². The van der Waals surface area contributed by atoms with E-state index in [1.807, 2.05) is 12.1 Å². The monoisotopic (exact) mass is 377 g/mol. The Labute approximate surface area is 161 Å². The van der Waals surface area contributed by atoms with Gasteiger partial charge in [-0.3, -0.25) is 9.59 Å². The first-order valence-electron chi connectivity index (χ1n) is 9.10. The van der Waals surface area contributed by atoms with Gasteiger partial charge in [0.15, 0.2) is 6.10 Å². The van der Waals surface area contributed by atoms with Crippen molar-refractivity contribution < 1.29 is 23.9 Å². The molecule has 1 atom stereocenters. The number of hydrogen-bond donors (Lipinski definition) is 1. The zero-order valence-electron chi connectivity index (χ0n) is 17.3. The van der Waals surface area contributed by atoms with Crippen LogP contribution in [0.3, 0.4) is 0 Å². The van der Waals surface area contributed by atoms with Crippen molar-refractivity contribution in [2.45, 2.75) is 72.0 Å². The summed E-state index contributed by atoms with van der Waals surface area (Å²) in [5.74, 6) is -0.817. The number of carbonyl (C=O) groups excluding carboxylic acids is 3. The molecule has 27 heavy (non-hydrogen) atoms. The third-order valence-electron chi connectivity index (χ3n) is 3.71. The molecule has 0 aliphatic heterocycles. The number of amides is 1. The summed E-state index contributed by atoms with van der Waals surface area (Å²) < 4.78 is 10.2. The van der Waals surface area contributed by atoms with Gasteiger partial charge in [-0.15, -0.1) is 0 Å². The second kappa shape index (κ2) is 9.02. The fourth-order valence-electron chi connectivity index (χ4n) is 2.26. The predicted octanol–water partition coefficient (Wildman–Crippen LogP) is 4.01. The van der Waals surface area contributed by atoms with Crippen LogP contribution in [0.5, 0.6) is 0 Å². The number of nitrogens with one attached hydrogen (secondary N) is 1. The van der Waals surface area contributed by atoms with Crippen LogP contribution < -0.4 is 5.32 Å². The molecular formula is C21H31NO5. The molecule has 1 rings (SSSR count). The molecule has 1 aromatic rings. The molecular weight excluding hydrogens is 346 g/mol. The summed E-state index contributed by atoms with van der Waals surface area (Å²) in [6.07, 6.45) is -1.53. The Balaban J connectivity index is 2.48. The number of Topliss-reactive ketones (excluding diaryl/α,β-unsaturated/α-hetero) is 1. The van der Waals surface area contributed by atoms with Gasteiger partial charge in [-0.2, -0.15) is 0 Å². The predicted molar refractivity (Wildman–Crippen MR) is 104 cm³/mol. The van der Waals surface area contributed by atoms with Gasteiger partial charge in [0.25, 0.3) is 0 Å². The van der Waals surface area contributed by atoms with Crippen molar-refractivity contribution in [1.82, 2.24) is 5.32 Å². The average Bonchev–Trinajstić information content (AvgIpc) is 2.51. The van der Waals surface area contributed by atoms with E-state index in [0.717, 1.165) is 5.56 Å². The third-order valence-corrected chi connectivity index (χ3v) is 3.71. The third kappa shape index (κ3) is 8.24. The van der Waals surface area contributed by atoms with E-state index in [1.54, 1.807) is 39.8 Å². The van der Waals surface area contributed by atoms with Crippen LogP contribution in [0.1, 0.15) is 70.8 Å². The molecule has 6 nitrogen and oxygen atoms in total. The van der Waals surface area contributed by atoms with Crippen molar-refractivity contribution in [2.75, 3.05) is 6.54 Å². The highest BCUT2D eigenvalue weighted by molar-refractivity contribution is 6.00. The summed E-state index contributed by atoms with van der Waals surface area (Å²) in [5.41, 5.74) is 1.02. The lowest BCUT2D eigenvalue weighted by atomic mass is 9.86. The van der Waals surface area contributed by atoms with Crippen LogP contribution in [0, 0.1) is 0 Å². The highest BCUT2D eigenvalue weighted by Crippen LogP contribution is 2.22. The van der Waals surface area contributed by atoms with Gasteiger partial charge in [0.2, 0.25) is 5.78 Å². The maximum atomic E-state index is 12.4. The number of carbonyl (C=O) groups is 3. The van der Waals surface area contributed by atoms with E-state index in [0.29, 0.717) is 5.56 Å². The summed E-state index contributed by atoms with van der Waals surface area (Å²) in [7, 11) is 0. The van der Waals surface area contributed by atoms with Crippen LogP contribution >= 0.6 is 0 Å². The van der Waals surface area contributed by atoms with E-state index >= 15 is 0 Å². The molecule has 150 valence electrons. The number of esters is 1. The van der Waals surface area contributed by atoms with Gasteiger partial charge < -0.3 is 14.8 Å². The Morgan fingerprint density at radius 2 is 1.56 bits per heavy atom.